The van der Waals surface area contributed by atoms with Crippen molar-refractivity contribution in [1.82, 2.24) is 14.9 Å². The van der Waals surface area contributed by atoms with Gasteiger partial charge in [-0.05, 0) is 25.7 Å². The number of nitrogens with zero attached hydrogens (tertiary/aromatic N) is 3. The molecule has 1 fully saturated rings. The lowest BCUT2D eigenvalue weighted by Gasteiger charge is -2.28. The SMILES string of the molecule is COC(=O)N=CC(C(=O)N1CCCC1c1ncc(C)[nH]1)C(C)C. The Morgan fingerprint density at radius 3 is 2.83 bits per heavy atom. The first kappa shape index (κ1) is 17.2. The molecule has 2 atom stereocenters. The van der Waals surface area contributed by atoms with Gasteiger partial charge in [-0.3, -0.25) is 4.79 Å². The van der Waals surface area contributed by atoms with Crippen molar-refractivity contribution < 1.29 is 14.3 Å². The third kappa shape index (κ3) is 3.97. The normalized spacial score (nSPS) is 19.5. The van der Waals surface area contributed by atoms with Gasteiger partial charge in [0.05, 0.1) is 19.1 Å². The molecule has 2 rings (SSSR count). The fraction of sp³-hybridized carbons (Fsp3) is 0.625. The molecule has 1 saturated heterocycles. The van der Waals surface area contributed by atoms with Gasteiger partial charge in [-0.1, -0.05) is 13.8 Å². The van der Waals surface area contributed by atoms with Crippen LogP contribution in [0, 0.1) is 18.8 Å². The summed E-state index contributed by atoms with van der Waals surface area (Å²) in [5.74, 6) is 0.381. The maximum absolute atomic E-state index is 12.9. The number of aliphatic imine (C=N–C) groups is 1. The number of aromatic nitrogens is 2. The Morgan fingerprint density at radius 2 is 2.26 bits per heavy atom. The molecule has 0 aromatic carbocycles. The van der Waals surface area contributed by atoms with Crippen molar-refractivity contribution >= 4 is 18.2 Å². The van der Waals surface area contributed by atoms with Gasteiger partial charge < -0.3 is 14.6 Å². The lowest BCUT2D eigenvalue weighted by Crippen LogP contribution is -2.39. The number of methoxy groups -OCH3 is 1. The molecule has 2 heterocycles. The Kier molecular flexibility index (Phi) is 5.52. The maximum atomic E-state index is 12.9. The number of carbonyl (C=O) groups is 2. The van der Waals surface area contributed by atoms with Gasteiger partial charge in [0.25, 0.3) is 0 Å². The largest absolute Gasteiger partial charge is 0.451 e. The number of hydrogen-bond acceptors (Lipinski definition) is 4. The number of carbonyl (C=O) groups excluding carboxylic acids is 2. The number of rotatable bonds is 4. The first-order chi connectivity index (χ1) is 10.9. The van der Waals surface area contributed by atoms with Crippen LogP contribution in [0.4, 0.5) is 4.79 Å². The second-order valence-electron chi connectivity index (χ2n) is 6.16. The van der Waals surface area contributed by atoms with E-state index in [-0.39, 0.29) is 17.9 Å². The minimum atomic E-state index is -0.692. The molecular weight excluding hydrogens is 296 g/mol. The number of imidazole rings is 1. The van der Waals surface area contributed by atoms with E-state index >= 15 is 0 Å². The Morgan fingerprint density at radius 1 is 1.52 bits per heavy atom. The second-order valence-corrected chi connectivity index (χ2v) is 6.16. The number of nitrogens with one attached hydrogen (secondary N) is 1. The van der Waals surface area contributed by atoms with E-state index < -0.39 is 12.0 Å². The predicted octanol–water partition coefficient (Wildman–Crippen LogP) is 2.49. The molecule has 0 saturated carbocycles. The number of aromatic amines is 1. The van der Waals surface area contributed by atoms with Gasteiger partial charge in [0.15, 0.2) is 0 Å². The highest BCUT2D eigenvalue weighted by atomic mass is 16.5. The standard InChI is InChI=1S/C16H24N4O3/c1-10(2)12(9-18-16(22)23-4)15(21)20-7-5-6-13(20)14-17-8-11(3)19-14/h8-10,12-13H,5-7H2,1-4H3,(H,17,19). The molecule has 7 nitrogen and oxygen atoms in total. The van der Waals surface area contributed by atoms with E-state index in [0.717, 1.165) is 24.4 Å². The Balaban J connectivity index is 2.18. The molecule has 1 aliphatic rings. The zero-order valence-electron chi connectivity index (χ0n) is 14.1. The average Bonchev–Trinajstić information content (AvgIpc) is 3.14. The van der Waals surface area contributed by atoms with Crippen LogP contribution in [-0.2, 0) is 9.53 Å². The summed E-state index contributed by atoms with van der Waals surface area (Å²) in [4.78, 5) is 37.3. The van der Waals surface area contributed by atoms with Crippen molar-refractivity contribution in [1.29, 1.82) is 0 Å². The van der Waals surface area contributed by atoms with Gasteiger partial charge in [-0.2, -0.15) is 4.99 Å². The van der Waals surface area contributed by atoms with Crippen molar-refractivity contribution in [3.63, 3.8) is 0 Å². The zero-order chi connectivity index (χ0) is 17.0. The smallest absolute Gasteiger partial charge is 0.432 e. The minimum absolute atomic E-state index is 0.0239. The third-order valence-corrected chi connectivity index (χ3v) is 4.09. The van der Waals surface area contributed by atoms with Crippen LogP contribution in [0.25, 0.3) is 0 Å². The average molecular weight is 320 g/mol. The van der Waals surface area contributed by atoms with Crippen LogP contribution >= 0.6 is 0 Å². The summed E-state index contributed by atoms with van der Waals surface area (Å²) in [6, 6.07) is -0.0380. The number of ether oxygens (including phenoxy) is 1. The Bertz CT molecular complexity index is 594. The fourth-order valence-corrected chi connectivity index (χ4v) is 2.82. The van der Waals surface area contributed by atoms with E-state index in [2.05, 4.69) is 19.7 Å². The molecular formula is C16H24N4O3. The molecule has 126 valence electrons. The molecule has 2 amide bonds. The Hall–Kier alpha value is -2.18. The summed E-state index contributed by atoms with van der Waals surface area (Å²) in [5, 5.41) is 0. The molecule has 7 heteroatoms. The molecule has 0 aliphatic carbocycles. The lowest BCUT2D eigenvalue weighted by molar-refractivity contribution is -0.135. The van der Waals surface area contributed by atoms with Crippen LogP contribution in [0.1, 0.15) is 44.2 Å². The van der Waals surface area contributed by atoms with E-state index in [4.69, 9.17) is 0 Å². The van der Waals surface area contributed by atoms with Crippen LogP contribution in [0.2, 0.25) is 0 Å². The topological polar surface area (TPSA) is 87.7 Å². The highest BCUT2D eigenvalue weighted by Crippen LogP contribution is 2.32. The minimum Gasteiger partial charge on any atom is -0.451 e. The Labute approximate surface area is 136 Å². The van der Waals surface area contributed by atoms with Crippen LogP contribution in [0.15, 0.2) is 11.2 Å². The van der Waals surface area contributed by atoms with E-state index in [9.17, 15) is 9.59 Å². The van der Waals surface area contributed by atoms with E-state index in [1.165, 1.54) is 13.3 Å². The molecule has 0 radical (unpaired) electrons. The van der Waals surface area contributed by atoms with Gasteiger partial charge in [0.2, 0.25) is 5.91 Å². The van der Waals surface area contributed by atoms with Crippen molar-refractivity contribution in [2.45, 2.75) is 39.7 Å². The molecule has 1 N–H and O–H groups in total. The third-order valence-electron chi connectivity index (χ3n) is 4.09. The van der Waals surface area contributed by atoms with Gasteiger partial charge >= 0.3 is 6.09 Å². The van der Waals surface area contributed by atoms with Gasteiger partial charge in [0.1, 0.15) is 5.82 Å². The van der Waals surface area contributed by atoms with Gasteiger partial charge in [0, 0.05) is 24.7 Å². The summed E-state index contributed by atoms with van der Waals surface area (Å²) in [6.07, 6.45) is 4.31. The van der Waals surface area contributed by atoms with Gasteiger partial charge in [-0.15, -0.1) is 0 Å². The summed E-state index contributed by atoms with van der Waals surface area (Å²) in [6.45, 7) is 6.51. The number of likely N-dealkylation sites (tertiary alicyclic amines) is 1. The molecule has 2 unspecified atom stereocenters. The van der Waals surface area contributed by atoms with E-state index in [1.54, 1.807) is 6.20 Å². The summed E-state index contributed by atoms with van der Waals surface area (Å²) in [7, 11) is 1.27. The summed E-state index contributed by atoms with van der Waals surface area (Å²) < 4.78 is 4.50. The van der Waals surface area contributed by atoms with E-state index in [0.29, 0.717) is 6.54 Å². The highest BCUT2D eigenvalue weighted by molar-refractivity contribution is 5.96. The van der Waals surface area contributed by atoms with Crippen LogP contribution in [-0.4, -0.2) is 46.7 Å². The summed E-state index contributed by atoms with van der Waals surface area (Å²) in [5.41, 5.74) is 0.979. The quantitative estimate of drug-likeness (QED) is 0.863. The number of amides is 2. The molecule has 0 spiro atoms. The van der Waals surface area contributed by atoms with Gasteiger partial charge in [-0.25, -0.2) is 9.78 Å². The van der Waals surface area contributed by atoms with Crippen molar-refractivity contribution in [3.8, 4) is 0 Å². The van der Waals surface area contributed by atoms with Crippen molar-refractivity contribution in [2.75, 3.05) is 13.7 Å². The number of hydrogen-bond donors (Lipinski definition) is 1. The zero-order valence-corrected chi connectivity index (χ0v) is 14.1. The maximum Gasteiger partial charge on any atom is 0.432 e. The van der Waals surface area contributed by atoms with Crippen molar-refractivity contribution in [2.24, 2.45) is 16.8 Å². The lowest BCUT2D eigenvalue weighted by atomic mass is 9.95. The molecule has 0 bridgehead atoms. The van der Waals surface area contributed by atoms with E-state index in [1.807, 2.05) is 25.7 Å². The number of aryl methyl sites for hydroxylation is 1. The van der Waals surface area contributed by atoms with Crippen LogP contribution in [0.5, 0.6) is 0 Å². The molecule has 1 aromatic heterocycles. The predicted molar refractivity (Wildman–Crippen MR) is 86.2 cm³/mol. The van der Waals surface area contributed by atoms with Crippen molar-refractivity contribution in [3.05, 3.63) is 17.7 Å². The fourth-order valence-electron chi connectivity index (χ4n) is 2.82. The molecule has 1 aliphatic heterocycles. The van der Waals surface area contributed by atoms with Crippen LogP contribution in [0.3, 0.4) is 0 Å². The first-order valence-corrected chi connectivity index (χ1v) is 7.88. The molecule has 23 heavy (non-hydrogen) atoms. The monoisotopic (exact) mass is 320 g/mol. The van der Waals surface area contributed by atoms with Crippen LogP contribution < -0.4 is 0 Å². The highest BCUT2D eigenvalue weighted by Gasteiger charge is 2.35. The second kappa shape index (κ2) is 7.39. The molecule has 1 aromatic rings. The first-order valence-electron chi connectivity index (χ1n) is 7.88. The summed E-state index contributed by atoms with van der Waals surface area (Å²) >= 11 is 0. The number of H-pyrrole nitrogens is 1.